The Balaban J connectivity index is 1.81. The van der Waals surface area contributed by atoms with Crippen LogP contribution in [0.3, 0.4) is 0 Å². The van der Waals surface area contributed by atoms with Gasteiger partial charge in [0.05, 0.1) is 11.9 Å². The molecule has 140 valence electrons. The third-order valence-corrected chi connectivity index (χ3v) is 5.17. The number of benzene rings is 2. The topological polar surface area (TPSA) is 69.9 Å². The minimum atomic E-state index is -0.318. The number of nitrogens with zero attached hydrogens (tertiary/aromatic N) is 4. The van der Waals surface area contributed by atoms with Crippen molar-refractivity contribution in [3.05, 3.63) is 59.7 Å². The monoisotopic (exact) mass is 382 g/mol. The Hall–Kier alpha value is -2.67. The smallest absolute Gasteiger partial charge is 0.214 e. The third-order valence-electron chi connectivity index (χ3n) is 4.13. The number of rotatable bonds is 8. The second-order valence-corrected chi connectivity index (χ2v) is 7.26. The predicted octanol–water partition coefficient (Wildman–Crippen LogP) is 3.99. The number of ketones is 1. The van der Waals surface area contributed by atoms with Crippen LogP contribution in [0.25, 0.3) is 5.69 Å². The molecule has 1 atom stereocenters. The van der Waals surface area contributed by atoms with Crippen LogP contribution in [0.4, 0.5) is 0 Å². The highest BCUT2D eigenvalue weighted by Gasteiger charge is 2.21. The van der Waals surface area contributed by atoms with Crippen molar-refractivity contribution in [3.63, 3.8) is 0 Å². The van der Waals surface area contributed by atoms with Gasteiger partial charge in [-0.25, -0.2) is 0 Å². The summed E-state index contributed by atoms with van der Waals surface area (Å²) in [6, 6.07) is 15.3. The van der Waals surface area contributed by atoms with Gasteiger partial charge in [0.2, 0.25) is 5.16 Å². The van der Waals surface area contributed by atoms with Crippen LogP contribution in [-0.2, 0) is 6.42 Å². The maximum absolute atomic E-state index is 12.8. The van der Waals surface area contributed by atoms with Crippen molar-refractivity contribution in [1.82, 2.24) is 20.2 Å². The first kappa shape index (κ1) is 19.1. The van der Waals surface area contributed by atoms with Crippen molar-refractivity contribution in [2.75, 3.05) is 6.61 Å². The van der Waals surface area contributed by atoms with E-state index >= 15 is 0 Å². The lowest BCUT2D eigenvalue weighted by Crippen LogP contribution is -2.15. The molecule has 3 rings (SSSR count). The van der Waals surface area contributed by atoms with Gasteiger partial charge in [-0.1, -0.05) is 55.1 Å². The quantitative estimate of drug-likeness (QED) is 0.433. The van der Waals surface area contributed by atoms with Crippen LogP contribution < -0.4 is 4.74 Å². The Kier molecular flexibility index (Phi) is 6.24. The summed E-state index contributed by atoms with van der Waals surface area (Å²) < 4.78 is 7.28. The summed E-state index contributed by atoms with van der Waals surface area (Å²) in [5.41, 5.74) is 2.66. The molecular formula is C20H22N4O2S. The maximum Gasteiger partial charge on any atom is 0.214 e. The molecule has 0 fully saturated rings. The highest BCUT2D eigenvalue weighted by Crippen LogP contribution is 2.29. The molecule has 6 nitrogen and oxygen atoms in total. The summed E-state index contributed by atoms with van der Waals surface area (Å²) in [5.74, 6) is 0.749. The van der Waals surface area contributed by atoms with E-state index < -0.39 is 0 Å². The molecule has 7 heteroatoms. The van der Waals surface area contributed by atoms with Crippen molar-refractivity contribution in [3.8, 4) is 11.4 Å². The van der Waals surface area contributed by atoms with E-state index in [0.29, 0.717) is 23.1 Å². The first-order valence-electron chi connectivity index (χ1n) is 8.94. The van der Waals surface area contributed by atoms with E-state index in [9.17, 15) is 4.79 Å². The SMILES string of the molecule is CCOc1ccccc1-n1nnnc1SC(C)C(=O)c1ccc(CC)cc1. The van der Waals surface area contributed by atoms with Crippen LogP contribution in [0.1, 0.15) is 36.7 Å². The normalized spacial score (nSPS) is 12.0. The summed E-state index contributed by atoms with van der Waals surface area (Å²) >= 11 is 1.33. The number of hydrogen-bond acceptors (Lipinski definition) is 6. The van der Waals surface area contributed by atoms with Gasteiger partial charge < -0.3 is 4.74 Å². The molecule has 1 heterocycles. The fourth-order valence-electron chi connectivity index (χ4n) is 2.66. The molecule has 0 amide bonds. The second-order valence-electron chi connectivity index (χ2n) is 5.95. The van der Waals surface area contributed by atoms with Crippen molar-refractivity contribution in [2.24, 2.45) is 0 Å². The Labute approximate surface area is 162 Å². The van der Waals surface area contributed by atoms with E-state index in [2.05, 4.69) is 22.4 Å². The molecule has 0 saturated carbocycles. The van der Waals surface area contributed by atoms with Gasteiger partial charge in [-0.3, -0.25) is 4.79 Å². The fraction of sp³-hybridized carbons (Fsp3) is 0.300. The number of para-hydroxylation sites is 2. The van der Waals surface area contributed by atoms with Crippen LogP contribution >= 0.6 is 11.8 Å². The van der Waals surface area contributed by atoms with Crippen molar-refractivity contribution >= 4 is 17.5 Å². The third kappa shape index (κ3) is 4.36. The zero-order valence-corrected chi connectivity index (χ0v) is 16.4. The summed E-state index contributed by atoms with van der Waals surface area (Å²) in [4.78, 5) is 12.8. The number of hydrogen-bond donors (Lipinski definition) is 0. The van der Waals surface area contributed by atoms with Gasteiger partial charge in [0, 0.05) is 5.56 Å². The molecule has 2 aromatic carbocycles. The van der Waals surface area contributed by atoms with Gasteiger partial charge in [0.15, 0.2) is 5.78 Å². The summed E-state index contributed by atoms with van der Waals surface area (Å²) in [6.07, 6.45) is 0.951. The standard InChI is InChI=1S/C20H22N4O2S/c1-4-15-10-12-16(13-11-15)19(25)14(3)27-20-21-22-23-24(20)17-8-6-7-9-18(17)26-5-2/h6-14H,4-5H2,1-3H3. The first-order chi connectivity index (χ1) is 13.1. The number of carbonyl (C=O) groups excluding carboxylic acids is 1. The minimum Gasteiger partial charge on any atom is -0.492 e. The molecule has 1 unspecified atom stereocenters. The van der Waals surface area contributed by atoms with Crippen LogP contribution in [0.15, 0.2) is 53.7 Å². The van der Waals surface area contributed by atoms with Gasteiger partial charge in [-0.15, -0.1) is 5.10 Å². The lowest BCUT2D eigenvalue weighted by atomic mass is 10.1. The number of thioether (sulfide) groups is 1. The van der Waals surface area contributed by atoms with E-state index in [0.717, 1.165) is 12.1 Å². The molecule has 0 saturated heterocycles. The number of Topliss-reactive ketones (excluding diaryl/α,β-unsaturated/α-hetero) is 1. The highest BCUT2D eigenvalue weighted by atomic mass is 32.2. The number of aryl methyl sites for hydroxylation is 1. The molecule has 0 N–H and O–H groups in total. The summed E-state index contributed by atoms with van der Waals surface area (Å²) in [6.45, 7) is 6.43. The molecule has 3 aromatic rings. The number of ether oxygens (including phenoxy) is 1. The number of aromatic nitrogens is 4. The summed E-state index contributed by atoms with van der Waals surface area (Å²) in [7, 11) is 0. The van der Waals surface area contributed by atoms with Crippen molar-refractivity contribution in [2.45, 2.75) is 37.6 Å². The minimum absolute atomic E-state index is 0.0512. The van der Waals surface area contributed by atoms with E-state index in [4.69, 9.17) is 4.74 Å². The predicted molar refractivity (Wildman–Crippen MR) is 106 cm³/mol. The van der Waals surface area contributed by atoms with Crippen LogP contribution in [0.2, 0.25) is 0 Å². The number of tetrazole rings is 1. The molecule has 0 aliphatic carbocycles. The van der Waals surface area contributed by atoms with Gasteiger partial charge in [0.1, 0.15) is 11.4 Å². The molecule has 0 radical (unpaired) electrons. The van der Waals surface area contributed by atoms with Crippen LogP contribution in [0.5, 0.6) is 5.75 Å². The van der Waals surface area contributed by atoms with Gasteiger partial charge in [-0.05, 0) is 48.4 Å². The average molecular weight is 382 g/mol. The molecule has 0 aliphatic heterocycles. The average Bonchev–Trinajstić information content (AvgIpc) is 3.16. The molecule has 0 bridgehead atoms. The fourth-order valence-corrected chi connectivity index (χ4v) is 3.54. The molecular weight excluding hydrogens is 360 g/mol. The van der Waals surface area contributed by atoms with E-state index in [1.807, 2.05) is 62.4 Å². The first-order valence-corrected chi connectivity index (χ1v) is 9.82. The maximum atomic E-state index is 12.8. The molecule has 1 aromatic heterocycles. The Bertz CT molecular complexity index is 908. The Morgan fingerprint density at radius 1 is 1.15 bits per heavy atom. The lowest BCUT2D eigenvalue weighted by Gasteiger charge is -2.13. The molecule has 0 aliphatic rings. The molecule has 0 spiro atoms. The largest absolute Gasteiger partial charge is 0.492 e. The lowest BCUT2D eigenvalue weighted by molar-refractivity contribution is 0.0994. The van der Waals surface area contributed by atoms with Crippen molar-refractivity contribution < 1.29 is 9.53 Å². The van der Waals surface area contributed by atoms with Gasteiger partial charge >= 0.3 is 0 Å². The summed E-state index contributed by atoms with van der Waals surface area (Å²) in [5, 5.41) is 12.2. The second kappa shape index (κ2) is 8.81. The Morgan fingerprint density at radius 2 is 1.89 bits per heavy atom. The Morgan fingerprint density at radius 3 is 2.59 bits per heavy atom. The van der Waals surface area contributed by atoms with E-state index in [-0.39, 0.29) is 11.0 Å². The van der Waals surface area contributed by atoms with E-state index in [1.54, 1.807) is 4.68 Å². The zero-order valence-electron chi connectivity index (χ0n) is 15.6. The zero-order chi connectivity index (χ0) is 19.2. The molecule has 27 heavy (non-hydrogen) atoms. The highest BCUT2D eigenvalue weighted by molar-refractivity contribution is 8.00. The van der Waals surface area contributed by atoms with Gasteiger partial charge in [-0.2, -0.15) is 4.68 Å². The van der Waals surface area contributed by atoms with Crippen LogP contribution in [0, 0.1) is 0 Å². The van der Waals surface area contributed by atoms with E-state index in [1.165, 1.54) is 17.3 Å². The van der Waals surface area contributed by atoms with Gasteiger partial charge in [0.25, 0.3) is 0 Å². The van der Waals surface area contributed by atoms with Crippen molar-refractivity contribution in [1.29, 1.82) is 0 Å². The van der Waals surface area contributed by atoms with Crippen LogP contribution in [-0.4, -0.2) is 37.8 Å². The number of carbonyl (C=O) groups is 1.